The van der Waals surface area contributed by atoms with Crippen molar-refractivity contribution in [3.8, 4) is 0 Å². The number of methoxy groups -OCH3 is 1. The van der Waals surface area contributed by atoms with Crippen molar-refractivity contribution in [2.75, 3.05) is 7.11 Å². The number of ether oxygens (including phenoxy) is 1. The molecule has 6 heteroatoms. The van der Waals surface area contributed by atoms with Gasteiger partial charge in [0, 0.05) is 24.6 Å². The summed E-state index contributed by atoms with van der Waals surface area (Å²) in [6, 6.07) is 2.41. The third kappa shape index (κ3) is 6.07. The summed E-state index contributed by atoms with van der Waals surface area (Å²) in [6.07, 6.45) is 4.11. The summed E-state index contributed by atoms with van der Waals surface area (Å²) in [5.41, 5.74) is 0.812. The van der Waals surface area contributed by atoms with Crippen molar-refractivity contribution in [2.24, 2.45) is 0 Å². The molecule has 26 heavy (non-hydrogen) atoms. The molecule has 1 aliphatic rings. The Hall–Kier alpha value is -1.98. The molecule has 146 valence electrons. The predicted molar refractivity (Wildman–Crippen MR) is 96.5 cm³/mol. The highest BCUT2D eigenvalue weighted by Gasteiger charge is 2.33. The monoisotopic (exact) mass is 369 g/mol. The molecular formula is C20H29F2NO3. The van der Waals surface area contributed by atoms with Crippen LogP contribution in [0.4, 0.5) is 8.78 Å². The number of amides is 1. The first kappa shape index (κ1) is 22.1. The number of hydrogen-bond donors (Lipinski definition) is 0. The first-order valence-corrected chi connectivity index (χ1v) is 9.20. The Morgan fingerprint density at radius 1 is 1.23 bits per heavy atom. The second-order valence-electron chi connectivity index (χ2n) is 6.40. The highest BCUT2D eigenvalue weighted by Crippen LogP contribution is 2.26. The quantitative estimate of drug-likeness (QED) is 0.699. The fraction of sp³-hybridized carbons (Fsp3) is 0.600. The van der Waals surface area contributed by atoms with Crippen molar-refractivity contribution in [1.82, 2.24) is 4.90 Å². The summed E-state index contributed by atoms with van der Waals surface area (Å²) in [6.45, 7) is 6.18. The minimum atomic E-state index is -0.936. The minimum Gasteiger partial charge on any atom is -0.469 e. The Balaban J connectivity index is 0.000000765. The van der Waals surface area contributed by atoms with E-state index in [0.717, 1.165) is 6.07 Å². The van der Waals surface area contributed by atoms with E-state index in [1.165, 1.54) is 24.9 Å². The van der Waals surface area contributed by atoms with E-state index in [0.29, 0.717) is 24.8 Å². The number of likely N-dealkylation sites (tertiary alicyclic amines) is 1. The van der Waals surface area contributed by atoms with Crippen LogP contribution in [0, 0.1) is 11.6 Å². The number of carbonyl (C=O) groups is 2. The van der Waals surface area contributed by atoms with E-state index in [2.05, 4.69) is 18.6 Å². The van der Waals surface area contributed by atoms with Crippen molar-refractivity contribution in [3.63, 3.8) is 0 Å². The molecule has 0 bridgehead atoms. The molecule has 1 aromatic rings. The van der Waals surface area contributed by atoms with Crippen LogP contribution in [0.15, 0.2) is 12.1 Å². The number of carbonyl (C=O) groups excluding carboxylic acids is 2. The van der Waals surface area contributed by atoms with E-state index in [4.69, 9.17) is 0 Å². The molecule has 1 atom stereocenters. The first-order valence-electron chi connectivity index (χ1n) is 9.20. The lowest BCUT2D eigenvalue weighted by atomic mass is 10.1. The first-order chi connectivity index (χ1) is 12.4. The van der Waals surface area contributed by atoms with Gasteiger partial charge >= 0.3 is 5.97 Å². The molecule has 4 nitrogen and oxygen atoms in total. The number of rotatable bonds is 6. The van der Waals surface area contributed by atoms with Crippen LogP contribution in [-0.4, -0.2) is 29.9 Å². The summed E-state index contributed by atoms with van der Waals surface area (Å²) in [5.74, 6) is -2.42. The maximum absolute atomic E-state index is 13.9. The topological polar surface area (TPSA) is 46.6 Å². The molecule has 1 amide bonds. The van der Waals surface area contributed by atoms with Gasteiger partial charge in [0.05, 0.1) is 13.5 Å². The van der Waals surface area contributed by atoms with Gasteiger partial charge in [0.25, 0.3) is 0 Å². The molecule has 0 aromatic heterocycles. The van der Waals surface area contributed by atoms with Gasteiger partial charge in [-0.3, -0.25) is 9.59 Å². The van der Waals surface area contributed by atoms with Crippen molar-refractivity contribution in [2.45, 2.75) is 71.9 Å². The molecule has 0 aliphatic carbocycles. The van der Waals surface area contributed by atoms with Crippen LogP contribution in [0.3, 0.4) is 0 Å². The lowest BCUT2D eigenvalue weighted by molar-refractivity contribution is -0.142. The number of benzene rings is 1. The highest BCUT2D eigenvalue weighted by molar-refractivity contribution is 5.80. The SMILES string of the molecule is CCCC.CCc1cc(F)c(F)c(CN2C(=O)CC[C@H]2CC(=O)OC)c1. The van der Waals surface area contributed by atoms with Crippen molar-refractivity contribution >= 4 is 11.9 Å². The molecule has 0 radical (unpaired) electrons. The normalized spacial score (nSPS) is 16.3. The van der Waals surface area contributed by atoms with E-state index in [-0.39, 0.29) is 30.5 Å². The number of aryl methyl sites for hydroxylation is 1. The van der Waals surface area contributed by atoms with Crippen molar-refractivity contribution in [3.05, 3.63) is 34.9 Å². The summed E-state index contributed by atoms with van der Waals surface area (Å²) < 4.78 is 32.2. The van der Waals surface area contributed by atoms with Crippen LogP contribution in [0.25, 0.3) is 0 Å². The van der Waals surface area contributed by atoms with Gasteiger partial charge in [-0.2, -0.15) is 0 Å². The van der Waals surface area contributed by atoms with E-state index in [1.54, 1.807) is 6.07 Å². The predicted octanol–water partition coefficient (Wildman–Crippen LogP) is 4.39. The summed E-state index contributed by atoms with van der Waals surface area (Å²) in [7, 11) is 1.28. The molecule has 1 heterocycles. The van der Waals surface area contributed by atoms with Gasteiger partial charge < -0.3 is 9.64 Å². The molecule has 0 N–H and O–H groups in total. The van der Waals surface area contributed by atoms with E-state index < -0.39 is 17.6 Å². The Bertz CT molecular complexity index is 617. The molecule has 1 fully saturated rings. The minimum absolute atomic E-state index is 0.0307. The second-order valence-corrected chi connectivity index (χ2v) is 6.40. The molecular weight excluding hydrogens is 340 g/mol. The Labute approximate surface area is 154 Å². The zero-order valence-electron chi connectivity index (χ0n) is 16.1. The van der Waals surface area contributed by atoms with Gasteiger partial charge in [-0.05, 0) is 24.5 Å². The Kier molecular flexibility index (Phi) is 9.24. The maximum Gasteiger partial charge on any atom is 0.307 e. The van der Waals surface area contributed by atoms with Crippen LogP contribution in [0.5, 0.6) is 0 Å². The maximum atomic E-state index is 13.9. The average Bonchev–Trinajstić information content (AvgIpc) is 2.98. The van der Waals surface area contributed by atoms with Crippen LogP contribution in [0.1, 0.15) is 64.0 Å². The Morgan fingerprint density at radius 3 is 2.42 bits per heavy atom. The zero-order chi connectivity index (χ0) is 19.7. The van der Waals surface area contributed by atoms with Gasteiger partial charge in [0.2, 0.25) is 5.91 Å². The number of halogens is 2. The lowest BCUT2D eigenvalue weighted by Gasteiger charge is -2.24. The van der Waals surface area contributed by atoms with Gasteiger partial charge in [-0.1, -0.05) is 39.7 Å². The van der Waals surface area contributed by atoms with Gasteiger partial charge in [0.15, 0.2) is 11.6 Å². The van der Waals surface area contributed by atoms with E-state index >= 15 is 0 Å². The fourth-order valence-corrected chi connectivity index (χ4v) is 2.71. The zero-order valence-corrected chi connectivity index (χ0v) is 16.1. The fourth-order valence-electron chi connectivity index (χ4n) is 2.71. The number of esters is 1. The van der Waals surface area contributed by atoms with Gasteiger partial charge in [0.1, 0.15) is 0 Å². The lowest BCUT2D eigenvalue weighted by Crippen LogP contribution is -2.34. The number of hydrogen-bond acceptors (Lipinski definition) is 3. The highest BCUT2D eigenvalue weighted by atomic mass is 19.2. The van der Waals surface area contributed by atoms with Crippen LogP contribution in [-0.2, 0) is 27.3 Å². The van der Waals surface area contributed by atoms with Crippen LogP contribution >= 0.6 is 0 Å². The van der Waals surface area contributed by atoms with E-state index in [1.807, 2.05) is 6.92 Å². The van der Waals surface area contributed by atoms with Crippen molar-refractivity contribution < 1.29 is 23.1 Å². The smallest absolute Gasteiger partial charge is 0.307 e. The number of unbranched alkanes of at least 4 members (excludes halogenated alkanes) is 1. The largest absolute Gasteiger partial charge is 0.469 e. The molecule has 0 unspecified atom stereocenters. The van der Waals surface area contributed by atoms with Gasteiger partial charge in [-0.15, -0.1) is 0 Å². The van der Waals surface area contributed by atoms with Crippen LogP contribution < -0.4 is 0 Å². The molecule has 1 saturated heterocycles. The average molecular weight is 369 g/mol. The molecule has 1 aromatic carbocycles. The van der Waals surface area contributed by atoms with Crippen LogP contribution in [0.2, 0.25) is 0 Å². The summed E-state index contributed by atoms with van der Waals surface area (Å²) >= 11 is 0. The molecule has 0 spiro atoms. The third-order valence-electron chi connectivity index (χ3n) is 4.49. The standard InChI is InChI=1S/C16H19F2NO3.C4H10/c1-3-10-6-11(16(18)13(17)7-10)9-19-12(4-5-14(19)20)8-15(21)22-2;1-3-4-2/h6-7,12H,3-5,8-9H2,1-2H3;3-4H2,1-2H3/t12-;/m0./s1. The summed E-state index contributed by atoms with van der Waals surface area (Å²) in [5, 5.41) is 0. The van der Waals surface area contributed by atoms with Gasteiger partial charge in [-0.25, -0.2) is 8.78 Å². The second kappa shape index (κ2) is 10.9. The Morgan fingerprint density at radius 2 is 1.88 bits per heavy atom. The molecule has 0 saturated carbocycles. The van der Waals surface area contributed by atoms with E-state index in [9.17, 15) is 18.4 Å². The third-order valence-corrected chi connectivity index (χ3v) is 4.49. The molecule has 1 aliphatic heterocycles. The summed E-state index contributed by atoms with van der Waals surface area (Å²) in [4.78, 5) is 24.8. The van der Waals surface area contributed by atoms with Crippen molar-refractivity contribution in [1.29, 1.82) is 0 Å². The molecule has 2 rings (SSSR count). The number of nitrogens with zero attached hydrogens (tertiary/aromatic N) is 1.